The van der Waals surface area contributed by atoms with Crippen molar-refractivity contribution in [1.82, 2.24) is 24.5 Å². The van der Waals surface area contributed by atoms with E-state index >= 15 is 0 Å². The van der Waals surface area contributed by atoms with Crippen molar-refractivity contribution in [2.45, 2.75) is 31.7 Å². The van der Waals surface area contributed by atoms with Crippen molar-refractivity contribution in [3.8, 4) is 0 Å². The molecule has 8 nitrogen and oxygen atoms in total. The summed E-state index contributed by atoms with van der Waals surface area (Å²) >= 11 is 0. The molecule has 0 unspecified atom stereocenters. The lowest BCUT2D eigenvalue weighted by atomic mass is 10.1. The van der Waals surface area contributed by atoms with Crippen LogP contribution in [0.4, 0.5) is 5.82 Å². The standard InChI is InChI=1S/C22H24N6O2S/c1-16-6-8-18(9-7-16)15-23-20-10-11-21-25-26-22(28(21)27-20)12-13-24-31(29,30)19-5-3-4-17(2)14-19/h3-11,14,24H,12-13,15H2,1-2H3,(H,23,27). The Morgan fingerprint density at radius 3 is 2.52 bits per heavy atom. The summed E-state index contributed by atoms with van der Waals surface area (Å²) in [6.07, 6.45) is 0.362. The van der Waals surface area contributed by atoms with E-state index in [0.717, 1.165) is 11.1 Å². The lowest BCUT2D eigenvalue weighted by Gasteiger charge is -2.08. The molecular weight excluding hydrogens is 412 g/mol. The first-order valence-corrected chi connectivity index (χ1v) is 11.5. The van der Waals surface area contributed by atoms with E-state index in [2.05, 4.69) is 56.5 Å². The summed E-state index contributed by atoms with van der Waals surface area (Å²) in [6, 6.07) is 18.8. The van der Waals surface area contributed by atoms with Crippen LogP contribution in [0.25, 0.3) is 5.65 Å². The second-order valence-electron chi connectivity index (χ2n) is 7.41. The van der Waals surface area contributed by atoms with Crippen LogP contribution in [-0.2, 0) is 23.0 Å². The highest BCUT2D eigenvalue weighted by molar-refractivity contribution is 7.89. The van der Waals surface area contributed by atoms with Gasteiger partial charge in [0.15, 0.2) is 11.5 Å². The van der Waals surface area contributed by atoms with Crippen LogP contribution in [0.1, 0.15) is 22.5 Å². The van der Waals surface area contributed by atoms with Gasteiger partial charge in [0.2, 0.25) is 10.0 Å². The van der Waals surface area contributed by atoms with Crippen molar-refractivity contribution in [2.75, 3.05) is 11.9 Å². The summed E-state index contributed by atoms with van der Waals surface area (Å²) < 4.78 is 29.2. The maximum Gasteiger partial charge on any atom is 0.240 e. The van der Waals surface area contributed by atoms with Crippen molar-refractivity contribution in [1.29, 1.82) is 0 Å². The van der Waals surface area contributed by atoms with Gasteiger partial charge < -0.3 is 5.32 Å². The third-order valence-corrected chi connectivity index (χ3v) is 6.32. The monoisotopic (exact) mass is 436 g/mol. The fraction of sp³-hybridized carbons (Fsp3) is 0.227. The molecule has 0 saturated carbocycles. The Labute approximate surface area is 181 Å². The van der Waals surface area contributed by atoms with Crippen LogP contribution in [0.5, 0.6) is 0 Å². The minimum atomic E-state index is -3.58. The zero-order chi connectivity index (χ0) is 21.8. The first-order valence-electron chi connectivity index (χ1n) is 9.98. The molecule has 0 saturated heterocycles. The van der Waals surface area contributed by atoms with Gasteiger partial charge in [0.25, 0.3) is 0 Å². The minimum Gasteiger partial charge on any atom is -0.365 e. The highest BCUT2D eigenvalue weighted by Crippen LogP contribution is 2.12. The van der Waals surface area contributed by atoms with E-state index in [1.165, 1.54) is 5.56 Å². The number of hydrogen-bond donors (Lipinski definition) is 2. The molecular formula is C22H24N6O2S. The minimum absolute atomic E-state index is 0.194. The molecule has 0 fully saturated rings. The number of sulfonamides is 1. The van der Waals surface area contributed by atoms with Gasteiger partial charge in [-0.05, 0) is 49.2 Å². The lowest BCUT2D eigenvalue weighted by molar-refractivity contribution is 0.580. The van der Waals surface area contributed by atoms with Gasteiger partial charge in [0.05, 0.1) is 4.90 Å². The third-order valence-electron chi connectivity index (χ3n) is 4.86. The fourth-order valence-corrected chi connectivity index (χ4v) is 4.28. The van der Waals surface area contributed by atoms with Gasteiger partial charge in [0.1, 0.15) is 5.82 Å². The molecule has 0 amide bonds. The molecule has 4 aromatic rings. The average molecular weight is 437 g/mol. The Balaban J connectivity index is 1.42. The molecule has 0 aliphatic heterocycles. The van der Waals surface area contributed by atoms with Crippen LogP contribution in [0.15, 0.2) is 65.6 Å². The van der Waals surface area contributed by atoms with E-state index in [9.17, 15) is 8.42 Å². The lowest BCUT2D eigenvalue weighted by Crippen LogP contribution is -2.26. The summed E-state index contributed by atoms with van der Waals surface area (Å²) in [5, 5.41) is 16.1. The summed E-state index contributed by atoms with van der Waals surface area (Å²) in [7, 11) is -3.58. The zero-order valence-electron chi connectivity index (χ0n) is 17.4. The van der Waals surface area contributed by atoms with Gasteiger partial charge >= 0.3 is 0 Å². The molecule has 2 heterocycles. The predicted octanol–water partition coefficient (Wildman–Crippen LogP) is 2.87. The van der Waals surface area contributed by atoms with Crippen LogP contribution < -0.4 is 10.0 Å². The van der Waals surface area contributed by atoms with Crippen molar-refractivity contribution in [3.63, 3.8) is 0 Å². The Morgan fingerprint density at radius 2 is 1.74 bits per heavy atom. The molecule has 2 N–H and O–H groups in total. The second kappa shape index (κ2) is 8.83. The van der Waals surface area contributed by atoms with E-state index in [1.807, 2.05) is 25.1 Å². The molecule has 0 spiro atoms. The Morgan fingerprint density at radius 1 is 0.935 bits per heavy atom. The Hall–Kier alpha value is -3.30. The van der Waals surface area contributed by atoms with Crippen LogP contribution in [0, 0.1) is 13.8 Å². The van der Waals surface area contributed by atoms with Crippen LogP contribution in [0.3, 0.4) is 0 Å². The zero-order valence-corrected chi connectivity index (χ0v) is 18.2. The SMILES string of the molecule is Cc1ccc(CNc2ccc3nnc(CCNS(=O)(=O)c4cccc(C)c4)n3n2)cc1. The van der Waals surface area contributed by atoms with E-state index in [4.69, 9.17) is 0 Å². The number of anilines is 1. The number of rotatable bonds is 8. The third kappa shape index (κ3) is 5.07. The number of fused-ring (bicyclic) bond motifs is 1. The van der Waals surface area contributed by atoms with Crippen molar-refractivity contribution in [3.05, 3.63) is 83.2 Å². The summed E-state index contributed by atoms with van der Waals surface area (Å²) in [4.78, 5) is 0.249. The van der Waals surface area contributed by atoms with Gasteiger partial charge in [-0.15, -0.1) is 15.3 Å². The molecule has 31 heavy (non-hydrogen) atoms. The summed E-state index contributed by atoms with van der Waals surface area (Å²) in [5.41, 5.74) is 3.87. The van der Waals surface area contributed by atoms with Gasteiger partial charge in [-0.25, -0.2) is 13.1 Å². The first-order chi connectivity index (χ1) is 14.9. The quantitative estimate of drug-likeness (QED) is 0.440. The van der Waals surface area contributed by atoms with Crippen LogP contribution >= 0.6 is 0 Å². The topological polar surface area (TPSA) is 101 Å². The van der Waals surface area contributed by atoms with Crippen LogP contribution in [-0.4, -0.2) is 34.8 Å². The largest absolute Gasteiger partial charge is 0.365 e. The molecule has 0 aliphatic carbocycles. The Kier molecular flexibility index (Phi) is 5.97. The molecule has 0 aliphatic rings. The Bertz CT molecular complexity index is 1300. The van der Waals surface area contributed by atoms with Crippen molar-refractivity contribution >= 4 is 21.5 Å². The number of aryl methyl sites for hydroxylation is 2. The molecule has 4 rings (SSSR count). The maximum atomic E-state index is 12.5. The van der Waals surface area contributed by atoms with Gasteiger partial charge in [-0.3, -0.25) is 0 Å². The number of nitrogens with one attached hydrogen (secondary N) is 2. The summed E-state index contributed by atoms with van der Waals surface area (Å²) in [6.45, 7) is 4.75. The smallest absolute Gasteiger partial charge is 0.240 e. The average Bonchev–Trinajstić information content (AvgIpc) is 3.15. The highest BCUT2D eigenvalue weighted by atomic mass is 32.2. The normalized spacial score (nSPS) is 11.7. The molecule has 0 atom stereocenters. The molecule has 9 heteroatoms. The van der Waals surface area contributed by atoms with Crippen molar-refractivity contribution < 1.29 is 8.42 Å². The molecule has 2 aromatic heterocycles. The molecule has 160 valence electrons. The van der Waals surface area contributed by atoms with E-state index in [0.29, 0.717) is 30.3 Å². The fourth-order valence-electron chi connectivity index (χ4n) is 3.15. The van der Waals surface area contributed by atoms with Crippen LogP contribution in [0.2, 0.25) is 0 Å². The van der Waals surface area contributed by atoms with E-state index in [1.54, 1.807) is 22.7 Å². The van der Waals surface area contributed by atoms with Gasteiger partial charge in [0, 0.05) is 19.5 Å². The second-order valence-corrected chi connectivity index (χ2v) is 9.18. The molecule has 0 bridgehead atoms. The number of benzene rings is 2. The molecule has 2 aromatic carbocycles. The van der Waals surface area contributed by atoms with E-state index in [-0.39, 0.29) is 11.4 Å². The number of nitrogens with zero attached hydrogens (tertiary/aromatic N) is 4. The number of hydrogen-bond acceptors (Lipinski definition) is 6. The van der Waals surface area contributed by atoms with Gasteiger partial charge in [-0.1, -0.05) is 42.0 Å². The van der Waals surface area contributed by atoms with E-state index < -0.39 is 10.0 Å². The van der Waals surface area contributed by atoms with Gasteiger partial charge in [-0.2, -0.15) is 4.52 Å². The maximum absolute atomic E-state index is 12.5. The first kappa shape index (κ1) is 21.0. The number of aromatic nitrogens is 4. The molecule has 0 radical (unpaired) electrons. The summed E-state index contributed by atoms with van der Waals surface area (Å²) in [5.74, 6) is 1.27. The predicted molar refractivity (Wildman–Crippen MR) is 119 cm³/mol. The highest BCUT2D eigenvalue weighted by Gasteiger charge is 2.15. The van der Waals surface area contributed by atoms with Crippen molar-refractivity contribution in [2.24, 2.45) is 0 Å².